The number of rotatable bonds is 2. The standard InChI is InChI=1S/C14H20N2O2S.C2HF3O2/c1-11-2-3-12(19-11)8-16-6-4-14(5-7-16)10-15-13(17)9-18-14;3-2(4,5)1(6)7/h2-3H,4-10H2,1H3,(H,15,17);(H,6,7). The van der Waals surface area contributed by atoms with E-state index in [9.17, 15) is 18.0 Å². The third kappa shape index (κ3) is 5.96. The molecule has 10 heteroatoms. The van der Waals surface area contributed by atoms with Gasteiger partial charge in [0.15, 0.2) is 0 Å². The Bertz CT molecular complexity index is 628. The lowest BCUT2D eigenvalue weighted by molar-refractivity contribution is -0.192. The molecule has 6 nitrogen and oxygen atoms in total. The topological polar surface area (TPSA) is 78.9 Å². The molecule has 2 N–H and O–H groups in total. The summed E-state index contributed by atoms with van der Waals surface area (Å²) in [4.78, 5) is 25.3. The van der Waals surface area contributed by atoms with Gasteiger partial charge in [-0.2, -0.15) is 13.2 Å². The number of hydrogen-bond donors (Lipinski definition) is 2. The monoisotopic (exact) mass is 394 g/mol. The molecule has 1 spiro atoms. The van der Waals surface area contributed by atoms with Crippen molar-refractivity contribution < 1.29 is 32.6 Å². The number of ether oxygens (including phenoxy) is 1. The van der Waals surface area contributed by atoms with Gasteiger partial charge in [-0.1, -0.05) is 0 Å². The average Bonchev–Trinajstić information content (AvgIpc) is 2.97. The second kappa shape index (κ2) is 8.36. The first-order chi connectivity index (χ1) is 12.1. The Labute approximate surface area is 152 Å². The van der Waals surface area contributed by atoms with Crippen LogP contribution in [0.1, 0.15) is 22.6 Å². The number of piperidine rings is 1. The molecule has 1 aromatic heterocycles. The van der Waals surface area contributed by atoms with Crippen molar-refractivity contribution in [2.24, 2.45) is 0 Å². The van der Waals surface area contributed by atoms with Gasteiger partial charge < -0.3 is 15.2 Å². The molecule has 0 radical (unpaired) electrons. The summed E-state index contributed by atoms with van der Waals surface area (Å²) >= 11 is 1.88. The molecule has 0 aliphatic carbocycles. The summed E-state index contributed by atoms with van der Waals surface area (Å²) in [6, 6.07) is 4.41. The van der Waals surface area contributed by atoms with Crippen molar-refractivity contribution in [2.75, 3.05) is 26.2 Å². The number of likely N-dealkylation sites (tertiary alicyclic amines) is 1. The van der Waals surface area contributed by atoms with Crippen LogP contribution in [0.25, 0.3) is 0 Å². The number of carbonyl (C=O) groups is 2. The molecule has 2 aliphatic rings. The number of aliphatic carboxylic acids is 1. The summed E-state index contributed by atoms with van der Waals surface area (Å²) < 4.78 is 37.5. The van der Waals surface area contributed by atoms with E-state index < -0.39 is 12.1 Å². The molecule has 0 saturated carbocycles. The van der Waals surface area contributed by atoms with Crippen molar-refractivity contribution in [3.8, 4) is 0 Å². The molecule has 2 saturated heterocycles. The molecule has 1 amide bonds. The number of amides is 1. The van der Waals surface area contributed by atoms with E-state index in [-0.39, 0.29) is 18.1 Å². The van der Waals surface area contributed by atoms with E-state index in [0.717, 1.165) is 32.5 Å². The first kappa shape index (κ1) is 20.7. The predicted molar refractivity (Wildman–Crippen MR) is 89.0 cm³/mol. The van der Waals surface area contributed by atoms with Gasteiger partial charge in [-0.05, 0) is 31.9 Å². The molecule has 2 aliphatic heterocycles. The molecule has 0 bridgehead atoms. The summed E-state index contributed by atoms with van der Waals surface area (Å²) in [5, 5.41) is 10.1. The number of carboxylic acids is 1. The highest BCUT2D eigenvalue weighted by molar-refractivity contribution is 7.11. The van der Waals surface area contributed by atoms with Crippen molar-refractivity contribution in [3.63, 3.8) is 0 Å². The number of thiophene rings is 1. The molecular formula is C16H21F3N2O4S. The lowest BCUT2D eigenvalue weighted by Crippen LogP contribution is -2.57. The van der Waals surface area contributed by atoms with Crippen molar-refractivity contribution >= 4 is 23.2 Å². The Hall–Kier alpha value is -1.65. The Balaban J connectivity index is 0.000000298. The molecule has 2 fully saturated rings. The van der Waals surface area contributed by atoms with Gasteiger partial charge in [-0.3, -0.25) is 9.69 Å². The number of nitrogens with one attached hydrogen (secondary N) is 1. The SMILES string of the molecule is Cc1ccc(CN2CCC3(CC2)CNC(=O)CO3)s1.O=C(O)C(F)(F)F. The summed E-state index contributed by atoms with van der Waals surface area (Å²) in [5.41, 5.74) is -0.101. The van der Waals surface area contributed by atoms with Gasteiger partial charge in [0.2, 0.25) is 5.91 Å². The third-order valence-corrected chi connectivity index (χ3v) is 5.29. The van der Waals surface area contributed by atoms with Crippen molar-refractivity contribution in [2.45, 2.75) is 38.1 Å². The molecule has 146 valence electrons. The number of hydrogen-bond acceptors (Lipinski definition) is 5. The first-order valence-corrected chi connectivity index (χ1v) is 8.90. The Morgan fingerprint density at radius 1 is 1.38 bits per heavy atom. The number of alkyl halides is 3. The fourth-order valence-corrected chi connectivity index (χ4v) is 3.74. The normalized spacial score (nSPS) is 20.2. The summed E-state index contributed by atoms with van der Waals surface area (Å²) in [5.74, 6) is -2.74. The van der Waals surface area contributed by atoms with Crippen LogP contribution in [-0.4, -0.2) is 59.9 Å². The number of carboxylic acid groups (broad SMARTS) is 1. The van der Waals surface area contributed by atoms with Crippen molar-refractivity contribution in [3.05, 3.63) is 21.9 Å². The third-order valence-electron chi connectivity index (χ3n) is 4.30. The Kier molecular flexibility index (Phi) is 6.64. The summed E-state index contributed by atoms with van der Waals surface area (Å²) in [6.45, 7) is 6.19. The highest BCUT2D eigenvalue weighted by Gasteiger charge is 2.39. The first-order valence-electron chi connectivity index (χ1n) is 8.08. The second-order valence-corrected chi connectivity index (χ2v) is 7.71. The summed E-state index contributed by atoms with van der Waals surface area (Å²) in [7, 11) is 0. The van der Waals surface area contributed by atoms with E-state index in [2.05, 4.69) is 29.3 Å². The van der Waals surface area contributed by atoms with Crippen LogP contribution in [0.5, 0.6) is 0 Å². The van der Waals surface area contributed by atoms with Gasteiger partial charge in [0.05, 0.1) is 5.60 Å². The summed E-state index contributed by atoms with van der Waals surface area (Å²) in [6.07, 6.45) is -3.06. The minimum atomic E-state index is -5.08. The Morgan fingerprint density at radius 3 is 2.42 bits per heavy atom. The van der Waals surface area contributed by atoms with E-state index in [1.54, 1.807) is 0 Å². The highest BCUT2D eigenvalue weighted by Crippen LogP contribution is 2.29. The minimum absolute atomic E-state index is 0.0158. The number of nitrogens with zero attached hydrogens (tertiary/aromatic N) is 1. The van der Waals surface area contributed by atoms with E-state index in [1.165, 1.54) is 9.75 Å². The van der Waals surface area contributed by atoms with Gasteiger partial charge in [0.1, 0.15) is 6.61 Å². The lowest BCUT2D eigenvalue weighted by Gasteiger charge is -2.43. The van der Waals surface area contributed by atoms with Crippen LogP contribution in [0.2, 0.25) is 0 Å². The van der Waals surface area contributed by atoms with Gasteiger partial charge in [-0.25, -0.2) is 4.79 Å². The fraction of sp³-hybridized carbons (Fsp3) is 0.625. The van der Waals surface area contributed by atoms with Crippen molar-refractivity contribution in [1.29, 1.82) is 0 Å². The smallest absolute Gasteiger partial charge is 0.475 e. The average molecular weight is 394 g/mol. The van der Waals surface area contributed by atoms with Crippen LogP contribution in [0.15, 0.2) is 12.1 Å². The maximum Gasteiger partial charge on any atom is 0.490 e. The van der Waals surface area contributed by atoms with E-state index in [4.69, 9.17) is 14.6 Å². The molecule has 3 heterocycles. The maximum absolute atomic E-state index is 11.2. The van der Waals surface area contributed by atoms with Crippen LogP contribution in [0.4, 0.5) is 13.2 Å². The molecule has 3 rings (SSSR count). The zero-order valence-electron chi connectivity index (χ0n) is 14.3. The molecule has 0 aromatic carbocycles. The maximum atomic E-state index is 11.2. The van der Waals surface area contributed by atoms with Crippen LogP contribution < -0.4 is 5.32 Å². The predicted octanol–water partition coefficient (Wildman–Crippen LogP) is 2.17. The van der Waals surface area contributed by atoms with E-state index >= 15 is 0 Å². The number of morpholine rings is 1. The molecular weight excluding hydrogens is 373 g/mol. The van der Waals surface area contributed by atoms with Gasteiger partial charge in [0.25, 0.3) is 0 Å². The van der Waals surface area contributed by atoms with Gasteiger partial charge in [-0.15, -0.1) is 11.3 Å². The lowest BCUT2D eigenvalue weighted by atomic mass is 9.90. The van der Waals surface area contributed by atoms with E-state index in [0.29, 0.717) is 6.54 Å². The Morgan fingerprint density at radius 2 is 2.00 bits per heavy atom. The molecule has 0 atom stereocenters. The second-order valence-electron chi connectivity index (χ2n) is 6.34. The number of aryl methyl sites for hydroxylation is 1. The van der Waals surface area contributed by atoms with Crippen LogP contribution >= 0.6 is 11.3 Å². The number of halogens is 3. The molecule has 1 aromatic rings. The molecule has 26 heavy (non-hydrogen) atoms. The van der Waals surface area contributed by atoms with Crippen LogP contribution in [0.3, 0.4) is 0 Å². The van der Waals surface area contributed by atoms with Gasteiger partial charge in [0, 0.05) is 35.9 Å². The minimum Gasteiger partial charge on any atom is -0.475 e. The van der Waals surface area contributed by atoms with Crippen molar-refractivity contribution in [1.82, 2.24) is 10.2 Å². The van der Waals surface area contributed by atoms with Gasteiger partial charge >= 0.3 is 12.1 Å². The van der Waals surface area contributed by atoms with Crippen LogP contribution in [0, 0.1) is 6.92 Å². The van der Waals surface area contributed by atoms with Crippen LogP contribution in [-0.2, 0) is 20.9 Å². The zero-order valence-corrected chi connectivity index (χ0v) is 15.1. The number of carbonyl (C=O) groups excluding carboxylic acids is 1. The highest BCUT2D eigenvalue weighted by atomic mass is 32.1. The largest absolute Gasteiger partial charge is 0.490 e. The quantitative estimate of drug-likeness (QED) is 0.804. The fourth-order valence-electron chi connectivity index (χ4n) is 2.81. The van der Waals surface area contributed by atoms with E-state index in [1.807, 2.05) is 11.3 Å². The molecule has 0 unspecified atom stereocenters. The zero-order chi connectivity index (χ0) is 19.4.